The average Bonchev–Trinajstić information content (AvgIpc) is 2.89. The number of hydrogen-bond acceptors (Lipinski definition) is 2. The van der Waals surface area contributed by atoms with Gasteiger partial charge in [-0.2, -0.15) is 0 Å². The van der Waals surface area contributed by atoms with E-state index in [0.29, 0.717) is 0 Å². The zero-order valence-corrected chi connectivity index (χ0v) is 8.76. The molecule has 3 rings (SSSR count). The van der Waals surface area contributed by atoms with Gasteiger partial charge in [0.15, 0.2) is 0 Å². The predicted octanol–water partition coefficient (Wildman–Crippen LogP) is 2.24. The lowest BCUT2D eigenvalue weighted by Crippen LogP contribution is -2.21. The van der Waals surface area contributed by atoms with Crippen LogP contribution in [0.15, 0.2) is 30.6 Å². The van der Waals surface area contributed by atoms with Crippen LogP contribution in [-0.2, 0) is 0 Å². The zero-order chi connectivity index (χ0) is 10.1. The highest BCUT2D eigenvalue weighted by Crippen LogP contribution is 2.34. The first-order valence-corrected chi connectivity index (χ1v) is 5.76. The number of pyridine rings is 1. The van der Waals surface area contributed by atoms with E-state index in [9.17, 15) is 0 Å². The highest BCUT2D eigenvalue weighted by molar-refractivity contribution is 5.48. The third-order valence-electron chi connectivity index (χ3n) is 3.57. The van der Waals surface area contributed by atoms with Gasteiger partial charge in [-0.3, -0.25) is 4.98 Å². The Hall–Kier alpha value is -1.15. The summed E-state index contributed by atoms with van der Waals surface area (Å²) in [4.78, 5) is 4.11. The SMILES string of the molecule is C(=C\C1CC2CCC1N2)/c1cccnc1. The van der Waals surface area contributed by atoms with E-state index < -0.39 is 0 Å². The molecule has 15 heavy (non-hydrogen) atoms. The van der Waals surface area contributed by atoms with Crippen molar-refractivity contribution in [3.8, 4) is 0 Å². The van der Waals surface area contributed by atoms with Crippen LogP contribution in [0.4, 0.5) is 0 Å². The number of nitrogens with one attached hydrogen (secondary N) is 1. The second-order valence-corrected chi connectivity index (χ2v) is 4.59. The second kappa shape index (κ2) is 3.78. The van der Waals surface area contributed by atoms with Crippen molar-refractivity contribution in [1.82, 2.24) is 10.3 Å². The molecule has 1 aromatic heterocycles. The van der Waals surface area contributed by atoms with Crippen LogP contribution in [0.2, 0.25) is 0 Å². The fraction of sp³-hybridized carbons (Fsp3) is 0.462. The molecule has 0 saturated carbocycles. The van der Waals surface area contributed by atoms with Crippen LogP contribution in [0.3, 0.4) is 0 Å². The van der Waals surface area contributed by atoms with E-state index >= 15 is 0 Å². The predicted molar refractivity (Wildman–Crippen MR) is 61.3 cm³/mol. The summed E-state index contributed by atoms with van der Waals surface area (Å²) in [5, 5.41) is 3.65. The van der Waals surface area contributed by atoms with Gasteiger partial charge in [-0.25, -0.2) is 0 Å². The maximum Gasteiger partial charge on any atom is 0.0340 e. The van der Waals surface area contributed by atoms with Gasteiger partial charge >= 0.3 is 0 Å². The molecule has 0 aromatic carbocycles. The molecule has 1 N–H and O–H groups in total. The molecule has 2 nitrogen and oxygen atoms in total. The molecule has 78 valence electrons. The maximum absolute atomic E-state index is 4.11. The lowest BCUT2D eigenvalue weighted by atomic mass is 9.89. The summed E-state index contributed by atoms with van der Waals surface area (Å²) in [6.45, 7) is 0. The number of aromatic nitrogens is 1. The molecule has 2 aliphatic heterocycles. The maximum atomic E-state index is 4.11. The van der Waals surface area contributed by atoms with Gasteiger partial charge in [0.25, 0.3) is 0 Å². The fourth-order valence-corrected chi connectivity index (χ4v) is 2.79. The third-order valence-corrected chi connectivity index (χ3v) is 3.57. The van der Waals surface area contributed by atoms with Crippen LogP contribution < -0.4 is 5.32 Å². The van der Waals surface area contributed by atoms with Crippen molar-refractivity contribution in [3.63, 3.8) is 0 Å². The van der Waals surface area contributed by atoms with Crippen molar-refractivity contribution in [2.75, 3.05) is 0 Å². The highest BCUT2D eigenvalue weighted by Gasteiger charge is 2.37. The summed E-state index contributed by atoms with van der Waals surface area (Å²) in [5.74, 6) is 0.740. The van der Waals surface area contributed by atoms with Gasteiger partial charge < -0.3 is 5.32 Å². The monoisotopic (exact) mass is 200 g/mol. The minimum atomic E-state index is 0.739. The molecule has 3 unspecified atom stereocenters. The summed E-state index contributed by atoms with van der Waals surface area (Å²) in [6.07, 6.45) is 12.3. The van der Waals surface area contributed by atoms with Gasteiger partial charge in [0.05, 0.1) is 0 Å². The van der Waals surface area contributed by atoms with E-state index in [1.54, 1.807) is 0 Å². The van der Waals surface area contributed by atoms with Gasteiger partial charge in [0.1, 0.15) is 0 Å². The van der Waals surface area contributed by atoms with Crippen molar-refractivity contribution in [2.45, 2.75) is 31.3 Å². The first kappa shape index (κ1) is 9.10. The summed E-state index contributed by atoms with van der Waals surface area (Å²) < 4.78 is 0. The highest BCUT2D eigenvalue weighted by atomic mass is 15.0. The Morgan fingerprint density at radius 1 is 1.40 bits per heavy atom. The largest absolute Gasteiger partial charge is 0.311 e. The summed E-state index contributed by atoms with van der Waals surface area (Å²) in [6, 6.07) is 5.62. The van der Waals surface area contributed by atoms with Gasteiger partial charge in [0.2, 0.25) is 0 Å². The second-order valence-electron chi connectivity index (χ2n) is 4.59. The summed E-state index contributed by atoms with van der Waals surface area (Å²) >= 11 is 0. The van der Waals surface area contributed by atoms with Crippen LogP contribution in [0.5, 0.6) is 0 Å². The Bertz CT molecular complexity index is 358. The van der Waals surface area contributed by atoms with Crippen molar-refractivity contribution in [2.24, 2.45) is 5.92 Å². The summed E-state index contributed by atoms with van der Waals surface area (Å²) in [7, 11) is 0. The van der Waals surface area contributed by atoms with Gasteiger partial charge in [-0.05, 0) is 36.8 Å². The lowest BCUT2D eigenvalue weighted by molar-refractivity contribution is 0.481. The lowest BCUT2D eigenvalue weighted by Gasteiger charge is -2.15. The Labute approximate surface area is 90.4 Å². The molecule has 0 amide bonds. The molecule has 2 bridgehead atoms. The molecule has 2 aliphatic rings. The van der Waals surface area contributed by atoms with Gasteiger partial charge in [-0.15, -0.1) is 0 Å². The fourth-order valence-electron chi connectivity index (χ4n) is 2.79. The van der Waals surface area contributed by atoms with E-state index in [-0.39, 0.29) is 0 Å². The Morgan fingerprint density at radius 2 is 2.40 bits per heavy atom. The molecule has 0 radical (unpaired) electrons. The molecule has 3 heterocycles. The Balaban J connectivity index is 1.68. The minimum absolute atomic E-state index is 0.739. The van der Waals surface area contributed by atoms with Crippen LogP contribution in [0.25, 0.3) is 6.08 Å². The third kappa shape index (κ3) is 1.82. The number of fused-ring (bicyclic) bond motifs is 2. The molecule has 1 aromatic rings. The van der Waals surface area contributed by atoms with E-state index in [2.05, 4.69) is 28.5 Å². The van der Waals surface area contributed by atoms with Crippen LogP contribution in [-0.4, -0.2) is 17.1 Å². The number of nitrogens with zero attached hydrogens (tertiary/aromatic N) is 1. The van der Waals surface area contributed by atoms with E-state index in [1.165, 1.54) is 24.8 Å². The molecular formula is C13H16N2. The van der Waals surface area contributed by atoms with Gasteiger partial charge in [0, 0.05) is 24.5 Å². The van der Waals surface area contributed by atoms with Crippen molar-refractivity contribution in [3.05, 3.63) is 36.2 Å². The molecule has 0 spiro atoms. The summed E-state index contributed by atoms with van der Waals surface area (Å²) in [5.41, 5.74) is 1.21. The van der Waals surface area contributed by atoms with Crippen molar-refractivity contribution in [1.29, 1.82) is 0 Å². The Kier molecular flexibility index (Phi) is 2.29. The number of hydrogen-bond donors (Lipinski definition) is 1. The molecular weight excluding hydrogens is 184 g/mol. The van der Waals surface area contributed by atoms with Crippen LogP contribution in [0.1, 0.15) is 24.8 Å². The normalized spacial score (nSPS) is 34.0. The van der Waals surface area contributed by atoms with Crippen molar-refractivity contribution >= 4 is 6.08 Å². The molecule has 2 heteroatoms. The van der Waals surface area contributed by atoms with Crippen LogP contribution in [0, 0.1) is 5.92 Å². The molecule has 0 aliphatic carbocycles. The topological polar surface area (TPSA) is 24.9 Å². The quantitative estimate of drug-likeness (QED) is 0.792. The minimum Gasteiger partial charge on any atom is -0.311 e. The molecule has 3 atom stereocenters. The molecule has 2 fully saturated rings. The van der Waals surface area contributed by atoms with E-state index in [0.717, 1.165) is 18.0 Å². The van der Waals surface area contributed by atoms with Gasteiger partial charge in [-0.1, -0.05) is 18.2 Å². The molecule has 2 saturated heterocycles. The first-order chi connectivity index (χ1) is 7.42. The number of rotatable bonds is 2. The van der Waals surface area contributed by atoms with Crippen molar-refractivity contribution < 1.29 is 0 Å². The Morgan fingerprint density at radius 3 is 3.07 bits per heavy atom. The first-order valence-electron chi connectivity index (χ1n) is 5.76. The van der Waals surface area contributed by atoms with E-state index in [1.807, 2.05) is 18.5 Å². The smallest absolute Gasteiger partial charge is 0.0340 e. The van der Waals surface area contributed by atoms with Crippen LogP contribution >= 0.6 is 0 Å². The van der Waals surface area contributed by atoms with E-state index in [4.69, 9.17) is 0 Å². The standard InChI is InChI=1S/C13H16N2/c1-2-10(9-14-7-1)3-4-11-8-12-5-6-13(11)15-12/h1-4,7,9,11-13,15H,5-6,8H2/b4-3+. The average molecular weight is 200 g/mol. The zero-order valence-electron chi connectivity index (χ0n) is 8.76.